The summed E-state index contributed by atoms with van der Waals surface area (Å²) in [6.45, 7) is 13.0. The fourth-order valence-corrected chi connectivity index (χ4v) is 4.65. The first kappa shape index (κ1) is 17.2. The maximum absolute atomic E-state index is 6.11. The fraction of sp³-hybridized carbons (Fsp3) is 1.00. The van der Waals surface area contributed by atoms with Gasteiger partial charge in [0.05, 0.1) is 0 Å². The highest BCUT2D eigenvalue weighted by Crippen LogP contribution is 2.42. The maximum atomic E-state index is 6.11. The average molecular weight is 296 g/mol. The van der Waals surface area contributed by atoms with Gasteiger partial charge in [-0.3, -0.25) is 4.90 Å². The molecule has 1 saturated carbocycles. The van der Waals surface area contributed by atoms with Gasteiger partial charge in [0.1, 0.15) is 0 Å². The maximum Gasteiger partial charge on any atom is 0.0254 e. The quantitative estimate of drug-likeness (QED) is 0.869. The monoisotopic (exact) mass is 295 g/mol. The Hall–Kier alpha value is -0.120. The Labute approximate surface area is 132 Å². The van der Waals surface area contributed by atoms with Crippen LogP contribution in [-0.4, -0.2) is 55.6 Å². The van der Waals surface area contributed by atoms with Crippen molar-refractivity contribution in [2.75, 3.05) is 33.7 Å². The molecular weight excluding hydrogens is 258 g/mol. The zero-order chi connectivity index (χ0) is 15.8. The highest BCUT2D eigenvalue weighted by Gasteiger charge is 2.42. The van der Waals surface area contributed by atoms with E-state index in [1.807, 2.05) is 0 Å². The molecule has 0 aromatic carbocycles. The summed E-state index contributed by atoms with van der Waals surface area (Å²) >= 11 is 0. The average Bonchev–Trinajstić information content (AvgIpc) is 2.79. The summed E-state index contributed by atoms with van der Waals surface area (Å²) in [4.78, 5) is 5.18. The Bertz CT molecular complexity index is 334. The number of likely N-dealkylation sites (N-methyl/N-ethyl adjacent to an activating group) is 1. The lowest BCUT2D eigenvalue weighted by molar-refractivity contribution is 0.0542. The van der Waals surface area contributed by atoms with Gasteiger partial charge in [-0.2, -0.15) is 0 Å². The molecule has 1 saturated heterocycles. The van der Waals surface area contributed by atoms with Crippen molar-refractivity contribution < 1.29 is 0 Å². The van der Waals surface area contributed by atoms with Gasteiger partial charge in [0.15, 0.2) is 0 Å². The third-order valence-electron chi connectivity index (χ3n) is 6.22. The second kappa shape index (κ2) is 6.55. The summed E-state index contributed by atoms with van der Waals surface area (Å²) in [5, 5.41) is 0. The van der Waals surface area contributed by atoms with Gasteiger partial charge in [-0.1, -0.05) is 27.7 Å². The van der Waals surface area contributed by atoms with Crippen LogP contribution in [0.4, 0.5) is 0 Å². The summed E-state index contributed by atoms with van der Waals surface area (Å²) < 4.78 is 0. The van der Waals surface area contributed by atoms with Crippen LogP contribution in [0, 0.1) is 23.2 Å². The van der Waals surface area contributed by atoms with Crippen molar-refractivity contribution in [2.45, 2.75) is 59.0 Å². The summed E-state index contributed by atoms with van der Waals surface area (Å²) in [6, 6.07) is 1.42. The third kappa shape index (κ3) is 3.80. The van der Waals surface area contributed by atoms with Crippen LogP contribution >= 0.6 is 0 Å². The molecule has 0 spiro atoms. The summed E-state index contributed by atoms with van der Waals surface area (Å²) in [5.74, 6) is 2.32. The smallest absolute Gasteiger partial charge is 0.0254 e. The van der Waals surface area contributed by atoms with Crippen molar-refractivity contribution in [3.05, 3.63) is 0 Å². The Morgan fingerprint density at radius 1 is 1.14 bits per heavy atom. The van der Waals surface area contributed by atoms with Crippen molar-refractivity contribution in [2.24, 2.45) is 28.9 Å². The van der Waals surface area contributed by atoms with E-state index in [4.69, 9.17) is 5.73 Å². The minimum absolute atomic E-state index is 0.435. The highest BCUT2D eigenvalue weighted by molar-refractivity contribution is 4.96. The van der Waals surface area contributed by atoms with Gasteiger partial charge in [-0.15, -0.1) is 0 Å². The Morgan fingerprint density at radius 2 is 1.81 bits per heavy atom. The minimum Gasteiger partial charge on any atom is -0.330 e. The van der Waals surface area contributed by atoms with Gasteiger partial charge in [0.2, 0.25) is 0 Å². The van der Waals surface area contributed by atoms with Gasteiger partial charge in [-0.25, -0.2) is 0 Å². The molecule has 0 aromatic heterocycles. The van der Waals surface area contributed by atoms with Crippen LogP contribution in [0.1, 0.15) is 47.0 Å². The third-order valence-corrected chi connectivity index (χ3v) is 6.22. The molecular formula is C18H37N3. The molecule has 2 fully saturated rings. The van der Waals surface area contributed by atoms with Gasteiger partial charge in [0, 0.05) is 25.2 Å². The lowest BCUT2D eigenvalue weighted by atomic mass is 9.67. The predicted molar refractivity (Wildman–Crippen MR) is 91.3 cm³/mol. The van der Waals surface area contributed by atoms with Crippen LogP contribution in [0.15, 0.2) is 0 Å². The van der Waals surface area contributed by atoms with E-state index in [1.165, 1.54) is 32.4 Å². The van der Waals surface area contributed by atoms with Gasteiger partial charge in [-0.05, 0) is 63.1 Å². The molecule has 3 heteroatoms. The molecule has 124 valence electrons. The molecule has 5 atom stereocenters. The van der Waals surface area contributed by atoms with E-state index >= 15 is 0 Å². The fourth-order valence-electron chi connectivity index (χ4n) is 4.65. The van der Waals surface area contributed by atoms with Crippen LogP contribution in [0.2, 0.25) is 0 Å². The van der Waals surface area contributed by atoms with E-state index in [0.29, 0.717) is 23.4 Å². The topological polar surface area (TPSA) is 32.5 Å². The number of hydrogen-bond donors (Lipinski definition) is 1. The molecule has 0 amide bonds. The normalized spacial score (nSPS) is 39.1. The Kier molecular flexibility index (Phi) is 5.38. The van der Waals surface area contributed by atoms with Crippen molar-refractivity contribution in [1.29, 1.82) is 0 Å². The zero-order valence-electron chi connectivity index (χ0n) is 15.1. The Morgan fingerprint density at radius 3 is 2.29 bits per heavy atom. The zero-order valence-corrected chi connectivity index (χ0v) is 15.1. The molecule has 21 heavy (non-hydrogen) atoms. The molecule has 2 N–H and O–H groups in total. The van der Waals surface area contributed by atoms with Gasteiger partial charge in [0.25, 0.3) is 0 Å². The van der Waals surface area contributed by atoms with Crippen LogP contribution in [0.25, 0.3) is 0 Å². The van der Waals surface area contributed by atoms with Crippen LogP contribution < -0.4 is 5.73 Å². The van der Waals surface area contributed by atoms with Crippen molar-refractivity contribution >= 4 is 0 Å². The molecule has 2 rings (SSSR count). The minimum atomic E-state index is 0.435. The largest absolute Gasteiger partial charge is 0.330 e. The second-order valence-corrected chi connectivity index (χ2v) is 8.90. The van der Waals surface area contributed by atoms with Gasteiger partial charge < -0.3 is 10.6 Å². The first-order valence-electron chi connectivity index (χ1n) is 8.84. The highest BCUT2D eigenvalue weighted by atomic mass is 15.3. The molecule has 3 nitrogen and oxygen atoms in total. The molecule has 0 radical (unpaired) electrons. The van der Waals surface area contributed by atoms with Crippen molar-refractivity contribution in [3.8, 4) is 0 Å². The Balaban J connectivity index is 2.08. The summed E-state index contributed by atoms with van der Waals surface area (Å²) in [7, 11) is 4.45. The van der Waals surface area contributed by atoms with Crippen molar-refractivity contribution in [3.63, 3.8) is 0 Å². The van der Waals surface area contributed by atoms with Gasteiger partial charge >= 0.3 is 0 Å². The van der Waals surface area contributed by atoms with E-state index < -0.39 is 0 Å². The lowest BCUT2D eigenvalue weighted by Crippen LogP contribution is -2.48. The molecule has 1 heterocycles. The van der Waals surface area contributed by atoms with Crippen molar-refractivity contribution in [1.82, 2.24) is 9.80 Å². The molecule has 5 unspecified atom stereocenters. The standard InChI is InChI=1S/C18H37N3/c1-13-11-21(12-17(13)20(5)6)16-9-15(18(2,3)4)8-7-14(16)10-19/h13-17H,7-12,19H2,1-6H3. The summed E-state index contributed by atoms with van der Waals surface area (Å²) in [5.41, 5.74) is 6.54. The van der Waals surface area contributed by atoms with Crippen LogP contribution in [0.5, 0.6) is 0 Å². The number of nitrogens with zero attached hydrogens (tertiary/aromatic N) is 2. The SMILES string of the molecule is CC1CN(C2CC(C(C)(C)C)CCC2CN)CC1N(C)C. The number of hydrogen-bond acceptors (Lipinski definition) is 3. The summed E-state index contributed by atoms with van der Waals surface area (Å²) in [6.07, 6.45) is 4.03. The number of likely N-dealkylation sites (tertiary alicyclic amines) is 1. The number of nitrogens with two attached hydrogens (primary N) is 1. The van der Waals surface area contributed by atoms with E-state index in [2.05, 4.69) is 51.6 Å². The van der Waals surface area contributed by atoms with E-state index in [1.54, 1.807) is 0 Å². The molecule has 0 bridgehead atoms. The first-order chi connectivity index (χ1) is 9.74. The molecule has 0 aromatic rings. The second-order valence-electron chi connectivity index (χ2n) is 8.90. The van der Waals surface area contributed by atoms with Crippen LogP contribution in [0.3, 0.4) is 0 Å². The first-order valence-corrected chi connectivity index (χ1v) is 8.84. The van der Waals surface area contributed by atoms with E-state index in [-0.39, 0.29) is 0 Å². The van der Waals surface area contributed by atoms with E-state index in [9.17, 15) is 0 Å². The predicted octanol–water partition coefficient (Wildman–Crippen LogP) is 2.66. The van der Waals surface area contributed by atoms with Crippen LogP contribution in [-0.2, 0) is 0 Å². The number of rotatable bonds is 3. The molecule has 1 aliphatic carbocycles. The molecule has 1 aliphatic heterocycles. The molecule has 2 aliphatic rings. The van der Waals surface area contributed by atoms with E-state index in [0.717, 1.165) is 18.4 Å². The lowest BCUT2D eigenvalue weighted by Gasteiger charge is -2.45.